The van der Waals surface area contributed by atoms with Crippen molar-refractivity contribution in [2.45, 2.75) is 45.6 Å². The number of urea groups is 1. The molecule has 0 fully saturated rings. The standard InChI is InChI=1S/C18H24N8O/c1-12-14-10-13(11-20-17(14)25(2)24-12)21-18(27)19-8-7-16-23-22-15-6-4-3-5-9-26(15)16/h10-11H,3-9H2,1-2H3,(H2,19,21,27). The molecule has 4 heterocycles. The summed E-state index contributed by atoms with van der Waals surface area (Å²) in [6.45, 7) is 3.40. The molecule has 9 heteroatoms. The zero-order valence-electron chi connectivity index (χ0n) is 15.7. The largest absolute Gasteiger partial charge is 0.337 e. The lowest BCUT2D eigenvalue weighted by Crippen LogP contribution is -2.31. The molecule has 0 bridgehead atoms. The van der Waals surface area contributed by atoms with Crippen molar-refractivity contribution in [1.82, 2.24) is 34.8 Å². The van der Waals surface area contributed by atoms with Crippen LogP contribution in [0.3, 0.4) is 0 Å². The van der Waals surface area contributed by atoms with Crippen LogP contribution in [0.2, 0.25) is 0 Å². The zero-order valence-corrected chi connectivity index (χ0v) is 15.7. The number of pyridine rings is 1. The summed E-state index contributed by atoms with van der Waals surface area (Å²) >= 11 is 0. The lowest BCUT2D eigenvalue weighted by Gasteiger charge is -2.09. The first-order valence-electron chi connectivity index (χ1n) is 9.37. The van der Waals surface area contributed by atoms with E-state index in [9.17, 15) is 4.79 Å². The molecule has 1 aliphatic heterocycles. The van der Waals surface area contributed by atoms with Gasteiger partial charge in [0.05, 0.1) is 17.6 Å². The molecule has 1 aliphatic rings. The summed E-state index contributed by atoms with van der Waals surface area (Å²) in [7, 11) is 1.85. The number of aryl methyl sites for hydroxylation is 3. The summed E-state index contributed by atoms with van der Waals surface area (Å²) in [5.74, 6) is 2.01. The average Bonchev–Trinajstić information content (AvgIpc) is 3.05. The van der Waals surface area contributed by atoms with Crippen molar-refractivity contribution in [2.24, 2.45) is 7.05 Å². The topological polar surface area (TPSA) is 103 Å². The highest BCUT2D eigenvalue weighted by atomic mass is 16.2. The summed E-state index contributed by atoms with van der Waals surface area (Å²) in [5, 5.41) is 19.6. The SMILES string of the molecule is Cc1nn(C)c2ncc(NC(=O)NCCc3nnc4n3CCCCC4)cc12. The fraction of sp³-hybridized carbons (Fsp3) is 0.500. The maximum Gasteiger partial charge on any atom is 0.319 e. The number of hydrogen-bond acceptors (Lipinski definition) is 5. The molecule has 4 rings (SSSR count). The molecule has 3 aromatic rings. The predicted octanol–water partition coefficient (Wildman–Crippen LogP) is 1.96. The Morgan fingerprint density at radius 1 is 1.26 bits per heavy atom. The molecule has 0 saturated carbocycles. The van der Waals surface area contributed by atoms with E-state index in [2.05, 4.69) is 35.5 Å². The third-order valence-corrected chi connectivity index (χ3v) is 4.94. The maximum absolute atomic E-state index is 12.2. The highest BCUT2D eigenvalue weighted by Crippen LogP contribution is 2.19. The monoisotopic (exact) mass is 368 g/mol. The van der Waals surface area contributed by atoms with Gasteiger partial charge in [-0.1, -0.05) is 6.42 Å². The van der Waals surface area contributed by atoms with Gasteiger partial charge in [-0.2, -0.15) is 5.10 Å². The van der Waals surface area contributed by atoms with E-state index >= 15 is 0 Å². The second-order valence-electron chi connectivity index (χ2n) is 6.93. The van der Waals surface area contributed by atoms with Gasteiger partial charge in [-0.05, 0) is 25.8 Å². The molecule has 0 spiro atoms. The normalized spacial score (nSPS) is 14.0. The Morgan fingerprint density at radius 3 is 3.04 bits per heavy atom. The Hall–Kier alpha value is -2.97. The van der Waals surface area contributed by atoms with Gasteiger partial charge in [-0.3, -0.25) is 4.68 Å². The number of nitrogens with one attached hydrogen (secondary N) is 2. The van der Waals surface area contributed by atoms with Crippen molar-refractivity contribution < 1.29 is 4.79 Å². The van der Waals surface area contributed by atoms with Crippen LogP contribution in [-0.4, -0.2) is 42.1 Å². The Balaban J connectivity index is 1.34. The van der Waals surface area contributed by atoms with E-state index in [4.69, 9.17) is 0 Å². The van der Waals surface area contributed by atoms with Gasteiger partial charge in [0, 0.05) is 38.4 Å². The van der Waals surface area contributed by atoms with E-state index in [1.165, 1.54) is 12.8 Å². The first-order chi connectivity index (χ1) is 13.1. The molecular weight excluding hydrogens is 344 g/mol. The van der Waals surface area contributed by atoms with E-state index in [0.717, 1.165) is 47.8 Å². The number of amides is 2. The molecule has 2 N–H and O–H groups in total. The quantitative estimate of drug-likeness (QED) is 0.733. The summed E-state index contributed by atoms with van der Waals surface area (Å²) in [6, 6.07) is 1.64. The van der Waals surface area contributed by atoms with Crippen LogP contribution in [0, 0.1) is 6.92 Å². The smallest absolute Gasteiger partial charge is 0.319 e. The van der Waals surface area contributed by atoms with Gasteiger partial charge < -0.3 is 15.2 Å². The molecule has 3 aromatic heterocycles. The maximum atomic E-state index is 12.2. The Kier molecular flexibility index (Phi) is 4.74. The van der Waals surface area contributed by atoms with Gasteiger partial charge in [0.25, 0.3) is 0 Å². The molecule has 142 valence electrons. The molecule has 27 heavy (non-hydrogen) atoms. The molecule has 9 nitrogen and oxygen atoms in total. The third-order valence-electron chi connectivity index (χ3n) is 4.94. The van der Waals surface area contributed by atoms with E-state index in [-0.39, 0.29) is 6.03 Å². The fourth-order valence-corrected chi connectivity index (χ4v) is 3.57. The van der Waals surface area contributed by atoms with Gasteiger partial charge >= 0.3 is 6.03 Å². The second-order valence-corrected chi connectivity index (χ2v) is 6.93. The van der Waals surface area contributed by atoms with Crippen molar-refractivity contribution in [3.63, 3.8) is 0 Å². The lowest BCUT2D eigenvalue weighted by molar-refractivity contribution is 0.252. The second kappa shape index (κ2) is 7.34. The summed E-state index contributed by atoms with van der Waals surface area (Å²) in [5.41, 5.74) is 2.33. The Morgan fingerprint density at radius 2 is 2.15 bits per heavy atom. The molecule has 0 radical (unpaired) electrons. The van der Waals surface area contributed by atoms with Crippen LogP contribution in [0.1, 0.15) is 36.6 Å². The van der Waals surface area contributed by atoms with E-state index in [1.54, 1.807) is 10.9 Å². The number of hydrogen-bond donors (Lipinski definition) is 2. The van der Waals surface area contributed by atoms with Crippen molar-refractivity contribution >= 4 is 22.8 Å². The Bertz CT molecular complexity index is 973. The van der Waals surface area contributed by atoms with Crippen LogP contribution in [-0.2, 0) is 26.4 Å². The zero-order chi connectivity index (χ0) is 18.8. The summed E-state index contributed by atoms with van der Waals surface area (Å²) in [6.07, 6.45) is 6.87. The third kappa shape index (κ3) is 3.62. The molecular formula is C18H24N8O. The summed E-state index contributed by atoms with van der Waals surface area (Å²) < 4.78 is 3.94. The molecule has 0 unspecified atom stereocenters. The number of aromatic nitrogens is 6. The number of anilines is 1. The number of rotatable bonds is 4. The van der Waals surface area contributed by atoms with Crippen LogP contribution in [0.4, 0.5) is 10.5 Å². The molecule has 0 saturated heterocycles. The summed E-state index contributed by atoms with van der Waals surface area (Å²) in [4.78, 5) is 16.6. The van der Waals surface area contributed by atoms with Gasteiger partial charge in [0.1, 0.15) is 11.6 Å². The van der Waals surface area contributed by atoms with Crippen LogP contribution < -0.4 is 10.6 Å². The van der Waals surface area contributed by atoms with Gasteiger partial charge in [-0.25, -0.2) is 9.78 Å². The minimum atomic E-state index is -0.256. The number of nitrogens with zero attached hydrogens (tertiary/aromatic N) is 6. The van der Waals surface area contributed by atoms with Crippen molar-refractivity contribution in [3.8, 4) is 0 Å². The average molecular weight is 368 g/mol. The van der Waals surface area contributed by atoms with E-state index < -0.39 is 0 Å². The molecule has 0 aromatic carbocycles. The molecule has 0 aliphatic carbocycles. The number of carbonyl (C=O) groups is 1. The first-order valence-corrected chi connectivity index (χ1v) is 9.37. The van der Waals surface area contributed by atoms with Crippen LogP contribution in [0.15, 0.2) is 12.3 Å². The van der Waals surface area contributed by atoms with Gasteiger partial charge in [0.2, 0.25) is 0 Å². The lowest BCUT2D eigenvalue weighted by atomic mass is 10.2. The highest BCUT2D eigenvalue weighted by molar-refractivity contribution is 5.92. The Labute approximate surface area is 157 Å². The minimum Gasteiger partial charge on any atom is -0.337 e. The van der Waals surface area contributed by atoms with Crippen molar-refractivity contribution in [3.05, 3.63) is 29.6 Å². The predicted molar refractivity (Wildman–Crippen MR) is 102 cm³/mol. The number of carbonyl (C=O) groups excluding carboxylic acids is 1. The molecule has 2 amide bonds. The van der Waals surface area contributed by atoms with E-state index in [1.807, 2.05) is 20.0 Å². The van der Waals surface area contributed by atoms with E-state index in [0.29, 0.717) is 18.7 Å². The minimum absolute atomic E-state index is 0.256. The van der Waals surface area contributed by atoms with Gasteiger partial charge in [-0.15, -0.1) is 10.2 Å². The molecule has 0 atom stereocenters. The van der Waals surface area contributed by atoms with Gasteiger partial charge in [0.15, 0.2) is 5.65 Å². The van der Waals surface area contributed by atoms with Crippen molar-refractivity contribution in [2.75, 3.05) is 11.9 Å². The van der Waals surface area contributed by atoms with Crippen LogP contribution >= 0.6 is 0 Å². The van der Waals surface area contributed by atoms with Crippen LogP contribution in [0.5, 0.6) is 0 Å². The number of fused-ring (bicyclic) bond motifs is 2. The fourth-order valence-electron chi connectivity index (χ4n) is 3.57. The van der Waals surface area contributed by atoms with Crippen LogP contribution in [0.25, 0.3) is 11.0 Å². The van der Waals surface area contributed by atoms with Crippen molar-refractivity contribution in [1.29, 1.82) is 0 Å². The first kappa shape index (κ1) is 17.4. The highest BCUT2D eigenvalue weighted by Gasteiger charge is 2.14.